The number of Topliss-reactive ketones (excluding diaryl/α,β-unsaturated/α-hetero) is 1. The van der Waals surface area contributed by atoms with Gasteiger partial charge in [0.05, 0.1) is 12.7 Å². The topological polar surface area (TPSA) is 35.5 Å². The van der Waals surface area contributed by atoms with E-state index < -0.39 is 35.0 Å². The maximum absolute atomic E-state index is 14.1. The summed E-state index contributed by atoms with van der Waals surface area (Å²) in [4.78, 5) is 12.6. The summed E-state index contributed by atoms with van der Waals surface area (Å²) in [6, 6.07) is 2.24. The fraction of sp³-hybridized carbons (Fsp3) is 0.650. The Morgan fingerprint density at radius 3 is 2.37 bits per heavy atom. The van der Waals surface area contributed by atoms with Crippen LogP contribution in [-0.2, 0) is 15.7 Å². The van der Waals surface area contributed by atoms with Gasteiger partial charge in [0.15, 0.2) is 5.78 Å². The number of hydrogen-bond donors (Lipinski definition) is 0. The van der Waals surface area contributed by atoms with Gasteiger partial charge < -0.3 is 9.47 Å². The number of rotatable bonds is 3. The van der Waals surface area contributed by atoms with Gasteiger partial charge in [-0.25, -0.2) is 4.39 Å². The van der Waals surface area contributed by atoms with Crippen LogP contribution in [0.5, 0.6) is 0 Å². The van der Waals surface area contributed by atoms with Crippen LogP contribution in [0.3, 0.4) is 0 Å². The molecule has 3 rings (SSSR count). The predicted octanol–water partition coefficient (Wildman–Crippen LogP) is 4.95. The fourth-order valence-corrected chi connectivity index (χ4v) is 3.88. The molecule has 0 bridgehead atoms. The number of ether oxygens (including phenoxy) is 2. The van der Waals surface area contributed by atoms with Crippen molar-refractivity contribution in [3.05, 3.63) is 34.6 Å². The molecule has 1 aromatic rings. The van der Waals surface area contributed by atoms with E-state index >= 15 is 0 Å². The summed E-state index contributed by atoms with van der Waals surface area (Å²) >= 11 is 0. The van der Waals surface area contributed by atoms with E-state index in [0.29, 0.717) is 25.4 Å². The molecule has 0 spiro atoms. The van der Waals surface area contributed by atoms with Crippen LogP contribution < -0.4 is 0 Å². The van der Waals surface area contributed by atoms with Gasteiger partial charge in [0.1, 0.15) is 17.5 Å². The summed E-state index contributed by atoms with van der Waals surface area (Å²) in [7, 11) is 0. The molecule has 0 aliphatic carbocycles. The Morgan fingerprint density at radius 1 is 1.07 bits per heavy atom. The van der Waals surface area contributed by atoms with Gasteiger partial charge >= 0.3 is 6.18 Å². The average molecular weight is 388 g/mol. The van der Waals surface area contributed by atoms with Gasteiger partial charge in [0, 0.05) is 18.1 Å². The molecule has 2 unspecified atom stereocenters. The first-order valence-corrected chi connectivity index (χ1v) is 9.32. The van der Waals surface area contributed by atoms with E-state index in [0.717, 1.165) is 18.9 Å². The Morgan fingerprint density at radius 2 is 1.81 bits per heavy atom. The van der Waals surface area contributed by atoms with Crippen molar-refractivity contribution in [2.45, 2.75) is 57.9 Å². The molecule has 4 atom stereocenters. The minimum absolute atomic E-state index is 0.0693. The predicted molar refractivity (Wildman–Crippen MR) is 91.1 cm³/mol. The Balaban J connectivity index is 1.71. The molecule has 7 heteroatoms. The molecule has 150 valence electrons. The molecule has 0 amide bonds. The van der Waals surface area contributed by atoms with Crippen molar-refractivity contribution in [1.29, 1.82) is 0 Å². The zero-order valence-corrected chi connectivity index (χ0v) is 15.4. The SMILES string of the molecule is Cc1ccc(C(=O)[C@@H]2CCC([C@@H]3CCC(C)CO3)CO2)c(C(F)(F)F)c1F. The molecule has 2 fully saturated rings. The van der Waals surface area contributed by atoms with Crippen molar-refractivity contribution in [3.8, 4) is 0 Å². The molecule has 0 aromatic heterocycles. The number of aryl methyl sites for hydroxylation is 1. The van der Waals surface area contributed by atoms with Crippen molar-refractivity contribution < 1.29 is 31.8 Å². The third-order valence-corrected chi connectivity index (χ3v) is 5.55. The lowest BCUT2D eigenvalue weighted by molar-refractivity contribution is -0.140. The lowest BCUT2D eigenvalue weighted by atomic mass is 9.85. The second-order valence-corrected chi connectivity index (χ2v) is 7.69. The number of benzene rings is 1. The first-order valence-electron chi connectivity index (χ1n) is 9.32. The Labute approximate surface area is 156 Å². The van der Waals surface area contributed by atoms with Gasteiger partial charge in [0.25, 0.3) is 0 Å². The maximum atomic E-state index is 14.1. The van der Waals surface area contributed by atoms with E-state index in [-0.39, 0.29) is 24.2 Å². The van der Waals surface area contributed by atoms with Gasteiger partial charge in [-0.2, -0.15) is 13.2 Å². The number of ketones is 1. The lowest BCUT2D eigenvalue weighted by Gasteiger charge is -2.37. The standard InChI is InChI=1S/C20H24F4O3/c1-11-3-7-15(26-9-11)13-5-8-16(27-10-13)19(25)14-6-4-12(2)18(21)17(14)20(22,23)24/h4,6,11,13,15-16H,3,5,7-10H2,1-2H3/t11?,13?,15-,16-/m0/s1. The van der Waals surface area contributed by atoms with Crippen LogP contribution in [0.1, 0.15) is 54.1 Å². The third-order valence-electron chi connectivity index (χ3n) is 5.55. The zero-order chi connectivity index (χ0) is 19.8. The number of alkyl halides is 3. The van der Waals surface area contributed by atoms with Crippen molar-refractivity contribution in [2.75, 3.05) is 13.2 Å². The van der Waals surface area contributed by atoms with Crippen LogP contribution >= 0.6 is 0 Å². The Hall–Kier alpha value is -1.47. The molecule has 2 heterocycles. The van der Waals surface area contributed by atoms with Crippen LogP contribution in [0.4, 0.5) is 17.6 Å². The van der Waals surface area contributed by atoms with Crippen LogP contribution in [0.25, 0.3) is 0 Å². The van der Waals surface area contributed by atoms with Crippen molar-refractivity contribution in [3.63, 3.8) is 0 Å². The molecule has 3 nitrogen and oxygen atoms in total. The monoisotopic (exact) mass is 388 g/mol. The number of carbonyl (C=O) groups excluding carboxylic acids is 1. The number of halogens is 4. The maximum Gasteiger partial charge on any atom is 0.419 e. The van der Waals surface area contributed by atoms with Crippen molar-refractivity contribution in [2.24, 2.45) is 11.8 Å². The molecule has 0 saturated carbocycles. The quantitative estimate of drug-likeness (QED) is 0.543. The van der Waals surface area contributed by atoms with Crippen LogP contribution in [0, 0.1) is 24.6 Å². The molecule has 2 aliphatic heterocycles. The molecule has 1 aromatic carbocycles. The second kappa shape index (κ2) is 7.87. The summed E-state index contributed by atoms with van der Waals surface area (Å²) in [5, 5.41) is 0. The highest BCUT2D eigenvalue weighted by atomic mass is 19.4. The van der Waals surface area contributed by atoms with E-state index in [9.17, 15) is 22.4 Å². The van der Waals surface area contributed by atoms with Crippen LogP contribution in [0.2, 0.25) is 0 Å². The van der Waals surface area contributed by atoms with Crippen LogP contribution in [0.15, 0.2) is 12.1 Å². The van der Waals surface area contributed by atoms with E-state index in [1.807, 2.05) is 0 Å². The van der Waals surface area contributed by atoms with Crippen LogP contribution in [-0.4, -0.2) is 31.2 Å². The largest absolute Gasteiger partial charge is 0.419 e. The summed E-state index contributed by atoms with van der Waals surface area (Å²) in [6.45, 7) is 4.33. The van der Waals surface area contributed by atoms with E-state index in [4.69, 9.17) is 9.47 Å². The molecule has 2 aliphatic rings. The van der Waals surface area contributed by atoms with E-state index in [2.05, 4.69) is 6.92 Å². The van der Waals surface area contributed by atoms with E-state index in [1.165, 1.54) is 13.0 Å². The third kappa shape index (κ3) is 4.35. The second-order valence-electron chi connectivity index (χ2n) is 7.69. The van der Waals surface area contributed by atoms with Gasteiger partial charge in [0.2, 0.25) is 0 Å². The molecular weight excluding hydrogens is 364 g/mol. The fourth-order valence-electron chi connectivity index (χ4n) is 3.88. The first-order chi connectivity index (χ1) is 12.7. The van der Waals surface area contributed by atoms with Gasteiger partial charge in [-0.05, 0) is 44.1 Å². The van der Waals surface area contributed by atoms with Gasteiger partial charge in [-0.1, -0.05) is 19.1 Å². The highest BCUT2D eigenvalue weighted by molar-refractivity contribution is 6.01. The Bertz CT molecular complexity index is 685. The molecule has 0 N–H and O–H groups in total. The van der Waals surface area contributed by atoms with Crippen molar-refractivity contribution >= 4 is 5.78 Å². The normalized spacial score (nSPS) is 29.6. The lowest BCUT2D eigenvalue weighted by Crippen LogP contribution is -2.40. The number of carbonyl (C=O) groups is 1. The van der Waals surface area contributed by atoms with Gasteiger partial charge in [-0.15, -0.1) is 0 Å². The zero-order valence-electron chi connectivity index (χ0n) is 15.4. The summed E-state index contributed by atoms with van der Waals surface area (Å²) in [6.07, 6.45) is -2.90. The highest BCUT2D eigenvalue weighted by Crippen LogP contribution is 2.37. The minimum Gasteiger partial charge on any atom is -0.378 e. The highest BCUT2D eigenvalue weighted by Gasteiger charge is 2.41. The smallest absolute Gasteiger partial charge is 0.378 e. The molecule has 2 saturated heterocycles. The summed E-state index contributed by atoms with van der Waals surface area (Å²) < 4.78 is 65.4. The molecule has 27 heavy (non-hydrogen) atoms. The van der Waals surface area contributed by atoms with Crippen molar-refractivity contribution in [1.82, 2.24) is 0 Å². The molecule has 0 radical (unpaired) electrons. The minimum atomic E-state index is -4.94. The van der Waals surface area contributed by atoms with E-state index in [1.54, 1.807) is 0 Å². The first kappa shape index (κ1) is 20.3. The average Bonchev–Trinajstić information content (AvgIpc) is 2.63. The summed E-state index contributed by atoms with van der Waals surface area (Å²) in [5.41, 5.74) is -2.30. The Kier molecular flexibility index (Phi) is 5.91. The van der Waals surface area contributed by atoms with Gasteiger partial charge in [-0.3, -0.25) is 4.79 Å². The number of hydrogen-bond acceptors (Lipinski definition) is 3. The molecular formula is C20H24F4O3. The summed E-state index contributed by atoms with van der Waals surface area (Å²) in [5.74, 6) is -1.54.